The number of methoxy groups -OCH3 is 1. The molecule has 1 aliphatic carbocycles. The van der Waals surface area contributed by atoms with Crippen molar-refractivity contribution < 1.29 is 13.9 Å². The van der Waals surface area contributed by atoms with E-state index >= 15 is 0 Å². The predicted octanol–water partition coefficient (Wildman–Crippen LogP) is 3.56. The Morgan fingerprint density at radius 2 is 2.17 bits per heavy atom. The summed E-state index contributed by atoms with van der Waals surface area (Å²) in [5, 5.41) is 9.48. The van der Waals surface area contributed by atoms with Crippen LogP contribution in [0.5, 0.6) is 5.75 Å². The Labute approximate surface area is 174 Å². The van der Waals surface area contributed by atoms with Crippen molar-refractivity contribution in [2.75, 3.05) is 19.9 Å². The highest BCUT2D eigenvalue weighted by molar-refractivity contribution is 7.99. The van der Waals surface area contributed by atoms with Crippen LogP contribution in [0.4, 0.5) is 0 Å². The van der Waals surface area contributed by atoms with Crippen LogP contribution in [0.3, 0.4) is 0 Å². The minimum absolute atomic E-state index is 0.0401. The molecule has 0 saturated heterocycles. The summed E-state index contributed by atoms with van der Waals surface area (Å²) in [5.74, 6) is 3.45. The minimum atomic E-state index is 0.0401. The highest BCUT2D eigenvalue weighted by Crippen LogP contribution is 2.40. The number of rotatable bonds is 9. The minimum Gasteiger partial charge on any atom is -0.497 e. The topological polar surface area (TPSA) is 73.4 Å². The lowest BCUT2D eigenvalue weighted by molar-refractivity contribution is -0.127. The molecule has 2 heterocycles. The van der Waals surface area contributed by atoms with E-state index in [2.05, 4.69) is 14.8 Å². The number of benzene rings is 1. The second-order valence-electron chi connectivity index (χ2n) is 7.17. The molecule has 0 spiro atoms. The summed E-state index contributed by atoms with van der Waals surface area (Å²) in [4.78, 5) is 14.4. The summed E-state index contributed by atoms with van der Waals surface area (Å²) < 4.78 is 12.8. The molecule has 1 aromatic carbocycles. The number of carbonyl (C=O) groups is 1. The molecule has 0 radical (unpaired) electrons. The van der Waals surface area contributed by atoms with Crippen molar-refractivity contribution >= 4 is 17.7 Å². The van der Waals surface area contributed by atoms with E-state index in [-0.39, 0.29) is 5.91 Å². The van der Waals surface area contributed by atoms with Crippen LogP contribution in [0.15, 0.2) is 52.2 Å². The maximum absolute atomic E-state index is 12.7. The van der Waals surface area contributed by atoms with Crippen LogP contribution in [0, 0.1) is 0 Å². The molecule has 0 atom stereocenters. The van der Waals surface area contributed by atoms with Crippen LogP contribution in [0.1, 0.15) is 35.9 Å². The third-order valence-electron chi connectivity index (χ3n) is 4.89. The first-order chi connectivity index (χ1) is 14.1. The second kappa shape index (κ2) is 8.73. The van der Waals surface area contributed by atoms with Crippen LogP contribution >= 0.6 is 11.8 Å². The zero-order valence-electron chi connectivity index (χ0n) is 16.6. The molecule has 29 heavy (non-hydrogen) atoms. The predicted molar refractivity (Wildman–Crippen MR) is 110 cm³/mol. The Kier molecular flexibility index (Phi) is 5.89. The average Bonchev–Trinajstić information content (AvgIpc) is 3.30. The zero-order chi connectivity index (χ0) is 20.2. The highest BCUT2D eigenvalue weighted by Gasteiger charge is 2.31. The van der Waals surface area contributed by atoms with Gasteiger partial charge in [-0.3, -0.25) is 9.36 Å². The van der Waals surface area contributed by atoms with Gasteiger partial charge in [0, 0.05) is 19.5 Å². The average molecular weight is 413 g/mol. The first-order valence-corrected chi connectivity index (χ1v) is 10.6. The molecule has 1 aliphatic rings. The van der Waals surface area contributed by atoms with Gasteiger partial charge in [0.05, 0.1) is 25.7 Å². The van der Waals surface area contributed by atoms with Crippen molar-refractivity contribution in [1.82, 2.24) is 19.7 Å². The first kappa shape index (κ1) is 19.6. The van der Waals surface area contributed by atoms with E-state index in [4.69, 9.17) is 9.15 Å². The molecule has 2 aromatic heterocycles. The van der Waals surface area contributed by atoms with Gasteiger partial charge >= 0.3 is 0 Å². The summed E-state index contributed by atoms with van der Waals surface area (Å²) in [5.41, 5.74) is 1.03. The summed E-state index contributed by atoms with van der Waals surface area (Å²) in [6, 6.07) is 11.6. The van der Waals surface area contributed by atoms with Crippen LogP contribution < -0.4 is 4.74 Å². The fraction of sp³-hybridized carbons (Fsp3) is 0.381. The van der Waals surface area contributed by atoms with E-state index in [9.17, 15) is 4.79 Å². The Balaban J connectivity index is 1.39. The number of nitrogens with zero attached hydrogens (tertiary/aromatic N) is 4. The Morgan fingerprint density at radius 3 is 2.90 bits per heavy atom. The van der Waals surface area contributed by atoms with Crippen molar-refractivity contribution in [2.24, 2.45) is 0 Å². The van der Waals surface area contributed by atoms with Crippen LogP contribution in [0.2, 0.25) is 0 Å². The number of ether oxygens (including phenoxy) is 1. The zero-order valence-corrected chi connectivity index (χ0v) is 17.4. The van der Waals surface area contributed by atoms with Crippen LogP contribution in [0.25, 0.3) is 0 Å². The molecule has 3 aromatic rings. The number of furan rings is 1. The van der Waals surface area contributed by atoms with Gasteiger partial charge in [0.25, 0.3) is 0 Å². The van der Waals surface area contributed by atoms with Crippen molar-refractivity contribution in [3.8, 4) is 5.75 Å². The number of thioether (sulfide) groups is 1. The van der Waals surface area contributed by atoms with Gasteiger partial charge in [-0.1, -0.05) is 23.9 Å². The van der Waals surface area contributed by atoms with Gasteiger partial charge < -0.3 is 14.1 Å². The van der Waals surface area contributed by atoms with Crippen LogP contribution in [-0.2, 0) is 17.9 Å². The molecular formula is C21H24N4O3S. The molecule has 0 unspecified atom stereocenters. The molecule has 1 saturated carbocycles. The SMILES string of the molecule is COc1cccc(CN(C)C(=O)CSc2nnc(C3CC3)n2Cc2ccco2)c1. The van der Waals surface area contributed by atoms with Gasteiger partial charge in [-0.25, -0.2) is 0 Å². The van der Waals surface area contributed by atoms with E-state index < -0.39 is 0 Å². The number of amides is 1. The third kappa shape index (κ3) is 4.82. The van der Waals surface area contributed by atoms with Gasteiger partial charge in [0.15, 0.2) is 5.16 Å². The van der Waals surface area contributed by atoms with Gasteiger partial charge in [-0.05, 0) is 42.7 Å². The lowest BCUT2D eigenvalue weighted by atomic mass is 10.2. The molecular weight excluding hydrogens is 388 g/mol. The van der Waals surface area contributed by atoms with Gasteiger partial charge in [0.1, 0.15) is 17.3 Å². The fourth-order valence-electron chi connectivity index (χ4n) is 3.13. The van der Waals surface area contributed by atoms with Crippen molar-refractivity contribution in [1.29, 1.82) is 0 Å². The van der Waals surface area contributed by atoms with E-state index in [1.807, 2.05) is 43.4 Å². The molecule has 0 bridgehead atoms. The molecule has 0 aliphatic heterocycles. The Hall–Kier alpha value is -2.74. The number of hydrogen-bond donors (Lipinski definition) is 0. The van der Waals surface area contributed by atoms with Gasteiger partial charge in [-0.2, -0.15) is 0 Å². The lowest BCUT2D eigenvalue weighted by Crippen LogP contribution is -2.28. The Bertz CT molecular complexity index is 966. The fourth-order valence-corrected chi connectivity index (χ4v) is 4.01. The molecule has 0 N–H and O–H groups in total. The number of aromatic nitrogens is 3. The van der Waals surface area contributed by atoms with Gasteiger partial charge in [0.2, 0.25) is 5.91 Å². The largest absolute Gasteiger partial charge is 0.497 e. The molecule has 8 heteroatoms. The lowest BCUT2D eigenvalue weighted by Gasteiger charge is -2.17. The number of hydrogen-bond acceptors (Lipinski definition) is 6. The molecule has 7 nitrogen and oxygen atoms in total. The van der Waals surface area contributed by atoms with E-state index in [0.29, 0.717) is 24.8 Å². The van der Waals surface area contributed by atoms with Gasteiger partial charge in [-0.15, -0.1) is 10.2 Å². The standard InChI is InChI=1S/C21H24N4O3S/c1-24(12-15-5-3-6-17(11-15)27-2)19(26)14-29-21-23-22-20(16-8-9-16)25(21)13-18-7-4-10-28-18/h3-7,10-11,16H,8-9,12-14H2,1-2H3. The maximum atomic E-state index is 12.7. The molecule has 4 rings (SSSR count). The van der Waals surface area contributed by atoms with E-state index in [1.54, 1.807) is 18.3 Å². The van der Waals surface area contributed by atoms with Crippen LogP contribution in [-0.4, -0.2) is 45.5 Å². The summed E-state index contributed by atoms with van der Waals surface area (Å²) in [6.07, 6.45) is 3.95. The maximum Gasteiger partial charge on any atom is 0.233 e. The second-order valence-corrected chi connectivity index (χ2v) is 8.11. The van der Waals surface area contributed by atoms with E-state index in [0.717, 1.165) is 40.9 Å². The van der Waals surface area contributed by atoms with Crippen molar-refractivity contribution in [3.63, 3.8) is 0 Å². The summed E-state index contributed by atoms with van der Waals surface area (Å²) >= 11 is 1.42. The Morgan fingerprint density at radius 1 is 1.31 bits per heavy atom. The summed E-state index contributed by atoms with van der Waals surface area (Å²) in [6.45, 7) is 1.12. The molecule has 1 amide bonds. The monoisotopic (exact) mass is 412 g/mol. The smallest absolute Gasteiger partial charge is 0.233 e. The third-order valence-corrected chi connectivity index (χ3v) is 5.84. The quantitative estimate of drug-likeness (QED) is 0.501. The van der Waals surface area contributed by atoms with Crippen molar-refractivity contribution in [3.05, 3.63) is 59.8 Å². The molecule has 1 fully saturated rings. The normalized spacial score (nSPS) is 13.4. The highest BCUT2D eigenvalue weighted by atomic mass is 32.2. The summed E-state index contributed by atoms with van der Waals surface area (Å²) in [7, 11) is 3.45. The van der Waals surface area contributed by atoms with E-state index in [1.165, 1.54) is 11.8 Å². The number of carbonyl (C=O) groups excluding carboxylic acids is 1. The van der Waals surface area contributed by atoms with Crippen molar-refractivity contribution in [2.45, 2.75) is 37.0 Å². The molecule has 152 valence electrons. The first-order valence-electron chi connectivity index (χ1n) is 9.59.